The molecule has 142 valence electrons. The van der Waals surface area contributed by atoms with E-state index in [1.165, 1.54) is 6.07 Å². The highest BCUT2D eigenvalue weighted by Crippen LogP contribution is 2.44. The zero-order valence-electron chi connectivity index (χ0n) is 15.7. The van der Waals surface area contributed by atoms with Crippen molar-refractivity contribution < 1.29 is 8.78 Å². The van der Waals surface area contributed by atoms with Gasteiger partial charge in [-0.2, -0.15) is 10.2 Å². The number of fused-ring (bicyclic) bond motifs is 2. The van der Waals surface area contributed by atoms with Crippen molar-refractivity contribution in [3.8, 4) is 22.5 Å². The highest BCUT2D eigenvalue weighted by molar-refractivity contribution is 5.97. The molecule has 0 aromatic carbocycles. The summed E-state index contributed by atoms with van der Waals surface area (Å²) < 4.78 is 30.7. The zero-order valence-corrected chi connectivity index (χ0v) is 15.7. The SMILES string of the molecule is Cc1nc2[nH]ncc2c(-c2c(-c3ccc(F)cn3)nn3c2CC(C)(C)C3)c1F. The van der Waals surface area contributed by atoms with Crippen LogP contribution >= 0.6 is 0 Å². The lowest BCUT2D eigenvalue weighted by molar-refractivity contribution is 0.347. The molecule has 1 aliphatic rings. The summed E-state index contributed by atoms with van der Waals surface area (Å²) in [6.07, 6.45) is 3.47. The fraction of sp³-hybridized carbons (Fsp3) is 0.300. The zero-order chi connectivity index (χ0) is 19.6. The van der Waals surface area contributed by atoms with Gasteiger partial charge in [-0.15, -0.1) is 0 Å². The minimum absolute atomic E-state index is 0.0138. The monoisotopic (exact) mass is 380 g/mol. The van der Waals surface area contributed by atoms with Crippen LogP contribution in [0.3, 0.4) is 0 Å². The number of aryl methyl sites for hydroxylation is 1. The van der Waals surface area contributed by atoms with E-state index in [1.54, 1.807) is 19.2 Å². The van der Waals surface area contributed by atoms with Gasteiger partial charge in [0.25, 0.3) is 0 Å². The molecule has 5 heterocycles. The predicted molar refractivity (Wildman–Crippen MR) is 100 cm³/mol. The molecule has 6 nitrogen and oxygen atoms in total. The highest BCUT2D eigenvalue weighted by atomic mass is 19.1. The molecule has 5 rings (SSSR count). The van der Waals surface area contributed by atoms with E-state index in [0.29, 0.717) is 33.5 Å². The Morgan fingerprint density at radius 3 is 2.71 bits per heavy atom. The molecule has 8 heteroatoms. The van der Waals surface area contributed by atoms with Crippen LogP contribution in [0.1, 0.15) is 25.2 Å². The maximum Gasteiger partial charge on any atom is 0.156 e. The second kappa shape index (κ2) is 5.67. The third kappa shape index (κ3) is 2.44. The fourth-order valence-corrected chi connectivity index (χ4v) is 3.99. The molecule has 0 spiro atoms. The van der Waals surface area contributed by atoms with Crippen molar-refractivity contribution >= 4 is 11.0 Å². The Labute approximate surface area is 159 Å². The minimum atomic E-state index is -0.429. The largest absolute Gasteiger partial charge is 0.268 e. The van der Waals surface area contributed by atoms with Crippen LogP contribution < -0.4 is 0 Å². The summed E-state index contributed by atoms with van der Waals surface area (Å²) in [4.78, 5) is 8.45. The lowest BCUT2D eigenvalue weighted by Crippen LogP contribution is -2.13. The van der Waals surface area contributed by atoms with Crippen LogP contribution in [0.5, 0.6) is 0 Å². The summed E-state index contributed by atoms with van der Waals surface area (Å²) in [5.41, 5.74) is 3.89. The van der Waals surface area contributed by atoms with Crippen molar-refractivity contribution in [2.24, 2.45) is 5.41 Å². The van der Waals surface area contributed by atoms with Gasteiger partial charge in [-0.1, -0.05) is 13.8 Å². The molecule has 4 aromatic heterocycles. The van der Waals surface area contributed by atoms with Crippen LogP contribution in [0, 0.1) is 24.0 Å². The maximum atomic E-state index is 15.4. The third-order valence-corrected chi connectivity index (χ3v) is 5.21. The van der Waals surface area contributed by atoms with Gasteiger partial charge in [-0.25, -0.2) is 13.8 Å². The van der Waals surface area contributed by atoms with Crippen LogP contribution in [-0.4, -0.2) is 29.9 Å². The van der Waals surface area contributed by atoms with E-state index < -0.39 is 11.6 Å². The molecule has 0 saturated heterocycles. The van der Waals surface area contributed by atoms with Crippen LogP contribution in [0.15, 0.2) is 24.5 Å². The quantitative estimate of drug-likeness (QED) is 0.569. The van der Waals surface area contributed by atoms with E-state index in [-0.39, 0.29) is 11.1 Å². The summed E-state index contributed by atoms with van der Waals surface area (Å²) in [6.45, 7) is 6.66. The highest BCUT2D eigenvalue weighted by Gasteiger charge is 2.36. The molecular formula is C20H18F2N6. The van der Waals surface area contributed by atoms with E-state index in [0.717, 1.165) is 24.9 Å². The van der Waals surface area contributed by atoms with Crippen molar-refractivity contribution in [2.75, 3.05) is 0 Å². The molecular weight excluding hydrogens is 362 g/mol. The molecule has 0 atom stereocenters. The summed E-state index contributed by atoms with van der Waals surface area (Å²) in [7, 11) is 0. The summed E-state index contributed by atoms with van der Waals surface area (Å²) in [5.74, 6) is -0.834. The van der Waals surface area contributed by atoms with Crippen molar-refractivity contribution in [1.29, 1.82) is 0 Å². The van der Waals surface area contributed by atoms with Crippen LogP contribution in [0.4, 0.5) is 8.78 Å². The van der Waals surface area contributed by atoms with Gasteiger partial charge in [0.1, 0.15) is 11.5 Å². The molecule has 0 bridgehead atoms. The van der Waals surface area contributed by atoms with Gasteiger partial charge in [0.05, 0.1) is 23.8 Å². The van der Waals surface area contributed by atoms with Crippen molar-refractivity contribution in [3.63, 3.8) is 0 Å². The van der Waals surface area contributed by atoms with Gasteiger partial charge in [0, 0.05) is 28.8 Å². The summed E-state index contributed by atoms with van der Waals surface area (Å²) in [5, 5.41) is 12.2. The molecule has 0 unspecified atom stereocenters. The van der Waals surface area contributed by atoms with Gasteiger partial charge >= 0.3 is 0 Å². The molecule has 1 N–H and O–H groups in total. The maximum absolute atomic E-state index is 15.4. The lowest BCUT2D eigenvalue weighted by atomic mass is 9.88. The Balaban J connectivity index is 1.86. The standard InChI is InChI=1S/C20H18F2N6/c1-10-17(22)15(12-8-24-26-19(12)25-10)16-14-6-20(2,3)9-28(14)27-18(16)13-5-4-11(21)7-23-13/h4-5,7-8H,6,9H2,1-3H3,(H,24,25,26). The second-order valence-corrected chi connectivity index (χ2v) is 8.05. The minimum Gasteiger partial charge on any atom is -0.268 e. The Hall–Kier alpha value is -3.16. The normalized spacial score (nSPS) is 15.3. The average molecular weight is 380 g/mol. The Morgan fingerprint density at radius 1 is 1.14 bits per heavy atom. The second-order valence-electron chi connectivity index (χ2n) is 8.05. The van der Waals surface area contributed by atoms with E-state index >= 15 is 4.39 Å². The first-order chi connectivity index (χ1) is 13.3. The fourth-order valence-electron chi connectivity index (χ4n) is 3.99. The van der Waals surface area contributed by atoms with Crippen molar-refractivity contribution in [3.05, 3.63) is 47.5 Å². The number of hydrogen-bond donors (Lipinski definition) is 1. The van der Waals surface area contributed by atoms with Crippen LogP contribution in [0.25, 0.3) is 33.5 Å². The number of nitrogens with zero attached hydrogens (tertiary/aromatic N) is 5. The van der Waals surface area contributed by atoms with E-state index in [2.05, 4.69) is 34.0 Å². The predicted octanol–water partition coefficient (Wildman–Crippen LogP) is 4.05. The number of aromatic nitrogens is 6. The van der Waals surface area contributed by atoms with Gasteiger partial charge < -0.3 is 0 Å². The van der Waals surface area contributed by atoms with E-state index in [9.17, 15) is 4.39 Å². The van der Waals surface area contributed by atoms with Crippen LogP contribution in [0.2, 0.25) is 0 Å². The van der Waals surface area contributed by atoms with E-state index in [4.69, 9.17) is 5.10 Å². The number of hydrogen-bond acceptors (Lipinski definition) is 4. The summed E-state index contributed by atoms with van der Waals surface area (Å²) in [6, 6.07) is 2.91. The number of nitrogens with one attached hydrogen (secondary N) is 1. The molecule has 0 amide bonds. The smallest absolute Gasteiger partial charge is 0.156 e. The van der Waals surface area contributed by atoms with Gasteiger partial charge in [-0.3, -0.25) is 14.8 Å². The van der Waals surface area contributed by atoms with Gasteiger partial charge in [-0.05, 0) is 30.9 Å². The number of pyridine rings is 2. The first-order valence-corrected chi connectivity index (χ1v) is 9.05. The third-order valence-electron chi connectivity index (χ3n) is 5.21. The Morgan fingerprint density at radius 2 is 1.96 bits per heavy atom. The summed E-state index contributed by atoms with van der Waals surface area (Å²) >= 11 is 0. The topological polar surface area (TPSA) is 72.3 Å². The molecule has 28 heavy (non-hydrogen) atoms. The molecule has 4 aromatic rings. The molecule has 0 radical (unpaired) electrons. The van der Waals surface area contributed by atoms with Crippen molar-refractivity contribution in [2.45, 2.75) is 33.7 Å². The van der Waals surface area contributed by atoms with E-state index in [1.807, 2.05) is 4.68 Å². The number of halogens is 2. The first-order valence-electron chi connectivity index (χ1n) is 9.05. The van der Waals surface area contributed by atoms with Crippen molar-refractivity contribution in [1.82, 2.24) is 29.9 Å². The number of H-pyrrole nitrogens is 1. The van der Waals surface area contributed by atoms with Gasteiger partial charge in [0.2, 0.25) is 0 Å². The Kier molecular flexibility index (Phi) is 3.44. The van der Waals surface area contributed by atoms with Crippen LogP contribution in [-0.2, 0) is 13.0 Å². The number of rotatable bonds is 2. The molecule has 0 fully saturated rings. The lowest BCUT2D eigenvalue weighted by Gasteiger charge is -2.16. The Bertz CT molecular complexity index is 1220. The molecule has 1 aliphatic heterocycles. The molecule has 0 aliphatic carbocycles. The van der Waals surface area contributed by atoms with Gasteiger partial charge in [0.15, 0.2) is 11.5 Å². The average Bonchev–Trinajstić information content (AvgIpc) is 3.29. The first kappa shape index (κ1) is 17.0. The molecule has 0 saturated carbocycles. The number of aromatic amines is 1.